The lowest BCUT2D eigenvalue weighted by molar-refractivity contribution is 0.669. The van der Waals surface area contributed by atoms with Crippen LogP contribution in [0.25, 0.3) is 130 Å². The average molecular weight is 946 g/mol. The molecule has 0 radical (unpaired) electrons. The van der Waals surface area contributed by atoms with Crippen molar-refractivity contribution in [3.05, 3.63) is 261 Å². The minimum Gasteiger partial charge on any atom is -0.456 e. The summed E-state index contributed by atoms with van der Waals surface area (Å²) in [6, 6.07) is 95.5. The van der Waals surface area contributed by atoms with Gasteiger partial charge in [-0.25, -0.2) is 0 Å². The molecule has 0 bridgehead atoms. The molecule has 2 heterocycles. The van der Waals surface area contributed by atoms with Crippen molar-refractivity contribution in [1.82, 2.24) is 0 Å². The van der Waals surface area contributed by atoms with Gasteiger partial charge in [0.1, 0.15) is 11.2 Å². The van der Waals surface area contributed by atoms with E-state index in [0.29, 0.717) is 0 Å². The van der Waals surface area contributed by atoms with E-state index < -0.39 is 0 Å². The van der Waals surface area contributed by atoms with Crippen LogP contribution in [-0.4, -0.2) is 0 Å². The molecule has 73 heavy (non-hydrogen) atoms. The van der Waals surface area contributed by atoms with Crippen molar-refractivity contribution < 1.29 is 4.42 Å². The number of anilines is 3. The lowest BCUT2D eigenvalue weighted by Gasteiger charge is -2.26. The summed E-state index contributed by atoms with van der Waals surface area (Å²) in [5.41, 5.74) is 14.6. The summed E-state index contributed by atoms with van der Waals surface area (Å²) in [6.45, 7) is 0. The van der Waals surface area contributed by atoms with Crippen LogP contribution in [0.4, 0.5) is 17.1 Å². The molecule has 13 aromatic carbocycles. The largest absolute Gasteiger partial charge is 0.456 e. The summed E-state index contributed by atoms with van der Waals surface area (Å²) in [7, 11) is 0. The number of hydrogen-bond donors (Lipinski definition) is 0. The molecular weight excluding hydrogens is 903 g/mol. The third-order valence-corrected chi connectivity index (χ3v) is 16.2. The zero-order valence-electron chi connectivity index (χ0n) is 39.6. The fraction of sp³-hybridized carbons (Fsp3) is 0. The first-order chi connectivity index (χ1) is 36.1. The Kier molecular flexibility index (Phi) is 9.48. The Bertz CT molecular complexity index is 4670. The van der Waals surface area contributed by atoms with Crippen LogP contribution in [0.2, 0.25) is 0 Å². The third kappa shape index (κ3) is 6.93. The quantitative estimate of drug-likeness (QED) is 0.148. The highest BCUT2D eigenvalue weighted by Gasteiger charge is 2.18. The van der Waals surface area contributed by atoms with Gasteiger partial charge in [0.25, 0.3) is 0 Å². The highest BCUT2D eigenvalue weighted by Crippen LogP contribution is 2.45. The Labute approximate surface area is 425 Å². The van der Waals surface area contributed by atoms with Gasteiger partial charge in [0.2, 0.25) is 0 Å². The van der Waals surface area contributed by atoms with Gasteiger partial charge in [-0.05, 0) is 160 Å². The normalized spacial score (nSPS) is 11.8. The first-order valence-electron chi connectivity index (χ1n) is 25.0. The first-order valence-corrected chi connectivity index (χ1v) is 25.8. The second-order valence-electron chi connectivity index (χ2n) is 19.2. The summed E-state index contributed by atoms with van der Waals surface area (Å²) in [5, 5.41) is 15.0. The molecule has 0 unspecified atom stereocenters. The maximum absolute atomic E-state index is 6.35. The van der Waals surface area contributed by atoms with Crippen molar-refractivity contribution in [2.24, 2.45) is 0 Å². The fourth-order valence-corrected chi connectivity index (χ4v) is 12.7. The monoisotopic (exact) mass is 945 g/mol. The summed E-state index contributed by atoms with van der Waals surface area (Å²) in [5.74, 6) is 0. The van der Waals surface area contributed by atoms with Gasteiger partial charge in [-0.2, -0.15) is 0 Å². The number of benzene rings is 13. The molecule has 15 aromatic rings. The number of hydrogen-bond acceptors (Lipinski definition) is 3. The molecule has 0 N–H and O–H groups in total. The number of nitrogens with zero attached hydrogens (tertiary/aromatic N) is 1. The van der Waals surface area contributed by atoms with Crippen LogP contribution in [0.5, 0.6) is 0 Å². The molecule has 0 aliphatic heterocycles. The Balaban J connectivity index is 0.787. The van der Waals surface area contributed by atoms with Crippen molar-refractivity contribution in [3.63, 3.8) is 0 Å². The van der Waals surface area contributed by atoms with Gasteiger partial charge in [0.15, 0.2) is 0 Å². The third-order valence-electron chi connectivity index (χ3n) is 15.0. The molecule has 2 nitrogen and oxygen atoms in total. The zero-order chi connectivity index (χ0) is 48.0. The van der Waals surface area contributed by atoms with Gasteiger partial charge in [-0.1, -0.05) is 188 Å². The predicted octanol–water partition coefficient (Wildman–Crippen LogP) is 20.7. The molecule has 0 atom stereocenters. The van der Waals surface area contributed by atoms with E-state index in [9.17, 15) is 0 Å². The summed E-state index contributed by atoms with van der Waals surface area (Å²) in [4.78, 5) is 2.38. The number of fused-ring (bicyclic) bond motifs is 13. The average Bonchev–Trinajstić information content (AvgIpc) is 4.05. The number of furan rings is 1. The van der Waals surface area contributed by atoms with Crippen molar-refractivity contribution in [1.29, 1.82) is 0 Å². The summed E-state index contributed by atoms with van der Waals surface area (Å²) < 4.78 is 9.00. The molecule has 0 fully saturated rings. The van der Waals surface area contributed by atoms with Crippen LogP contribution >= 0.6 is 11.3 Å². The topological polar surface area (TPSA) is 16.4 Å². The molecule has 0 saturated heterocycles. The van der Waals surface area contributed by atoms with Crippen molar-refractivity contribution in [2.75, 3.05) is 4.90 Å². The van der Waals surface area contributed by atoms with Crippen LogP contribution in [0.3, 0.4) is 0 Å². The van der Waals surface area contributed by atoms with E-state index >= 15 is 0 Å². The van der Waals surface area contributed by atoms with Gasteiger partial charge in [0.05, 0.1) is 0 Å². The first kappa shape index (κ1) is 41.5. The molecule has 15 rings (SSSR count). The highest BCUT2D eigenvalue weighted by molar-refractivity contribution is 7.26. The molecule has 0 saturated carbocycles. The highest BCUT2D eigenvalue weighted by atomic mass is 32.1. The van der Waals surface area contributed by atoms with Gasteiger partial charge in [-0.3, -0.25) is 0 Å². The Hall–Kier alpha value is -9.28. The van der Waals surface area contributed by atoms with E-state index in [2.05, 4.69) is 266 Å². The van der Waals surface area contributed by atoms with Gasteiger partial charge in [-0.15, -0.1) is 11.3 Å². The second-order valence-corrected chi connectivity index (χ2v) is 20.3. The van der Waals surface area contributed by atoms with Crippen LogP contribution < -0.4 is 4.90 Å². The van der Waals surface area contributed by atoms with Gasteiger partial charge < -0.3 is 9.32 Å². The van der Waals surface area contributed by atoms with E-state index in [1.54, 1.807) is 0 Å². The van der Waals surface area contributed by atoms with Crippen LogP contribution in [0.15, 0.2) is 265 Å². The maximum atomic E-state index is 6.35. The number of rotatable bonds is 7. The van der Waals surface area contributed by atoms with E-state index in [0.717, 1.165) is 44.7 Å². The van der Waals surface area contributed by atoms with E-state index in [4.69, 9.17) is 4.42 Å². The molecule has 2 aromatic heterocycles. The molecule has 0 amide bonds. The van der Waals surface area contributed by atoms with Crippen molar-refractivity contribution in [2.45, 2.75) is 0 Å². The van der Waals surface area contributed by atoms with E-state index in [-0.39, 0.29) is 0 Å². The second kappa shape index (κ2) is 16.7. The fourth-order valence-electron chi connectivity index (χ4n) is 11.5. The van der Waals surface area contributed by atoms with Crippen LogP contribution in [-0.2, 0) is 0 Å². The van der Waals surface area contributed by atoms with E-state index in [1.807, 2.05) is 11.3 Å². The van der Waals surface area contributed by atoms with Crippen molar-refractivity contribution in [3.8, 4) is 44.5 Å². The van der Waals surface area contributed by atoms with Gasteiger partial charge in [0, 0.05) is 48.0 Å². The molecular formula is C70H43NOS. The molecule has 0 aliphatic rings. The van der Waals surface area contributed by atoms with Crippen LogP contribution in [0.1, 0.15) is 0 Å². The number of thiophene rings is 1. The minimum atomic E-state index is 0.904. The predicted molar refractivity (Wildman–Crippen MR) is 313 cm³/mol. The zero-order valence-corrected chi connectivity index (χ0v) is 40.4. The lowest BCUT2D eigenvalue weighted by atomic mass is 9.96. The Morgan fingerprint density at radius 2 is 0.767 bits per heavy atom. The van der Waals surface area contributed by atoms with Crippen molar-refractivity contribution >= 4 is 114 Å². The SMILES string of the molecule is c1cc(-c2ccc(N(c3ccc(-c4cccc(-c5cccc6c5sc5ccc7ccccc7c56)c4)cc3)c3ccc4c(ccc5ccccc54)c3)cc2)cc(-c2ccc3oc4ccc5ccccc5c4c3c2)c1. The smallest absolute Gasteiger partial charge is 0.136 e. The van der Waals surface area contributed by atoms with Gasteiger partial charge >= 0.3 is 0 Å². The maximum Gasteiger partial charge on any atom is 0.136 e. The lowest BCUT2D eigenvalue weighted by Crippen LogP contribution is -2.09. The minimum absolute atomic E-state index is 0.904. The molecule has 0 aliphatic carbocycles. The molecule has 3 heteroatoms. The molecule has 340 valence electrons. The molecule has 0 spiro atoms. The Morgan fingerprint density at radius 1 is 0.274 bits per heavy atom. The summed E-state index contributed by atoms with van der Waals surface area (Å²) >= 11 is 1.89. The van der Waals surface area contributed by atoms with E-state index in [1.165, 1.54) is 102 Å². The Morgan fingerprint density at radius 3 is 1.49 bits per heavy atom. The standard InChI is InChI=1S/C70H43NOS/c1-4-17-58-46(10-1)22-23-54-42-57(35-36-59(54)58)71(55-31-24-44(25-32-55)49-13-7-15-51(40-49)52-29-37-65-64(43-52)68-60-18-5-2-11-47(60)28-38-66(68)72-65)56-33-26-45(27-34-56)50-14-8-16-53(41-50)62-20-9-21-63-69-61-19-6-3-12-48(61)30-39-67(69)73-70(62)63/h1-43H. The summed E-state index contributed by atoms with van der Waals surface area (Å²) in [6.07, 6.45) is 0. The van der Waals surface area contributed by atoms with Crippen LogP contribution in [0, 0.1) is 0 Å².